The first-order chi connectivity index (χ1) is 10.1. The first-order valence-corrected chi connectivity index (χ1v) is 7.25. The molecule has 1 N–H and O–H groups in total. The van der Waals surface area contributed by atoms with Gasteiger partial charge in [-0.2, -0.15) is 4.98 Å². The fraction of sp³-hybridized carbons (Fsp3) is 0.500. The standard InChI is InChI=1S/C12H13Cl2N5O2/c1-21-6-2-4-19(5-3-6)9-7-8(16-11(13)17-9)10(20)18-12(14)15-7/h6H,2-5H2,1H3,(H,15,18,20). The molecule has 0 aromatic carbocycles. The van der Waals surface area contributed by atoms with Crippen LogP contribution in [0.4, 0.5) is 5.82 Å². The number of halogens is 2. The van der Waals surface area contributed by atoms with Gasteiger partial charge in [0.25, 0.3) is 5.56 Å². The van der Waals surface area contributed by atoms with Crippen molar-refractivity contribution in [3.63, 3.8) is 0 Å². The Hall–Kier alpha value is -1.44. The van der Waals surface area contributed by atoms with Gasteiger partial charge in [0.1, 0.15) is 5.52 Å². The van der Waals surface area contributed by atoms with Crippen molar-refractivity contribution < 1.29 is 4.74 Å². The van der Waals surface area contributed by atoms with E-state index in [4.69, 9.17) is 27.9 Å². The second kappa shape index (κ2) is 5.75. The molecule has 0 atom stereocenters. The summed E-state index contributed by atoms with van der Waals surface area (Å²) in [6.45, 7) is 1.49. The van der Waals surface area contributed by atoms with Crippen LogP contribution in [-0.4, -0.2) is 46.2 Å². The third kappa shape index (κ3) is 2.81. The lowest BCUT2D eigenvalue weighted by Gasteiger charge is -2.32. The fourth-order valence-corrected chi connectivity index (χ4v) is 2.82. The number of aromatic amines is 1. The molecule has 0 amide bonds. The smallest absolute Gasteiger partial charge is 0.278 e. The molecule has 112 valence electrons. The zero-order valence-corrected chi connectivity index (χ0v) is 12.8. The molecule has 3 heterocycles. The zero-order valence-electron chi connectivity index (χ0n) is 11.3. The fourth-order valence-electron chi connectivity index (χ4n) is 2.48. The number of fused-ring (bicyclic) bond motifs is 1. The Bertz CT molecular complexity index is 727. The lowest BCUT2D eigenvalue weighted by Crippen LogP contribution is -2.37. The van der Waals surface area contributed by atoms with E-state index in [2.05, 4.69) is 19.9 Å². The largest absolute Gasteiger partial charge is 0.381 e. The molecule has 0 saturated carbocycles. The third-order valence-electron chi connectivity index (χ3n) is 3.55. The zero-order chi connectivity index (χ0) is 15.0. The first-order valence-electron chi connectivity index (χ1n) is 6.49. The molecule has 21 heavy (non-hydrogen) atoms. The van der Waals surface area contributed by atoms with E-state index in [1.54, 1.807) is 7.11 Å². The van der Waals surface area contributed by atoms with Crippen LogP contribution in [-0.2, 0) is 4.74 Å². The Balaban J connectivity index is 2.08. The number of methoxy groups -OCH3 is 1. The first kappa shape index (κ1) is 14.5. The lowest BCUT2D eigenvalue weighted by molar-refractivity contribution is 0.0818. The number of rotatable bonds is 2. The number of aromatic nitrogens is 4. The predicted molar refractivity (Wildman–Crippen MR) is 80.2 cm³/mol. The molecular formula is C12H13Cl2N5O2. The average molecular weight is 330 g/mol. The van der Waals surface area contributed by atoms with Crippen molar-refractivity contribution in [2.75, 3.05) is 25.1 Å². The molecule has 9 heteroatoms. The van der Waals surface area contributed by atoms with Crippen LogP contribution in [0.3, 0.4) is 0 Å². The summed E-state index contributed by atoms with van der Waals surface area (Å²) in [4.78, 5) is 28.6. The second-order valence-corrected chi connectivity index (χ2v) is 5.49. The summed E-state index contributed by atoms with van der Waals surface area (Å²) >= 11 is 11.8. The lowest BCUT2D eigenvalue weighted by atomic mass is 10.1. The molecule has 7 nitrogen and oxygen atoms in total. The maximum absolute atomic E-state index is 11.9. The van der Waals surface area contributed by atoms with Crippen LogP contribution in [0.25, 0.3) is 11.0 Å². The van der Waals surface area contributed by atoms with E-state index < -0.39 is 5.56 Å². The second-order valence-electron chi connectivity index (χ2n) is 4.79. The highest BCUT2D eigenvalue weighted by Crippen LogP contribution is 2.26. The van der Waals surface area contributed by atoms with Crippen molar-refractivity contribution in [3.05, 3.63) is 20.9 Å². The van der Waals surface area contributed by atoms with Crippen molar-refractivity contribution >= 4 is 40.1 Å². The normalized spacial score (nSPS) is 16.6. The van der Waals surface area contributed by atoms with Gasteiger partial charge in [-0.1, -0.05) is 0 Å². The number of hydrogen-bond acceptors (Lipinski definition) is 6. The Kier molecular flexibility index (Phi) is 3.97. The van der Waals surface area contributed by atoms with E-state index in [1.807, 2.05) is 4.90 Å². The molecule has 0 bridgehead atoms. The molecule has 0 radical (unpaired) electrons. The van der Waals surface area contributed by atoms with Crippen molar-refractivity contribution in [2.24, 2.45) is 0 Å². The Morgan fingerprint density at radius 3 is 2.57 bits per heavy atom. The topological polar surface area (TPSA) is 84.0 Å². The summed E-state index contributed by atoms with van der Waals surface area (Å²) < 4.78 is 5.35. The van der Waals surface area contributed by atoms with Gasteiger partial charge in [-0.3, -0.25) is 9.78 Å². The molecule has 2 aromatic heterocycles. The van der Waals surface area contributed by atoms with E-state index in [0.29, 0.717) is 11.3 Å². The quantitative estimate of drug-likeness (QED) is 0.843. The van der Waals surface area contributed by atoms with Gasteiger partial charge in [0.2, 0.25) is 10.6 Å². The minimum Gasteiger partial charge on any atom is -0.381 e. The summed E-state index contributed by atoms with van der Waals surface area (Å²) in [7, 11) is 1.71. The summed E-state index contributed by atoms with van der Waals surface area (Å²) in [5, 5.41) is 0.0208. The summed E-state index contributed by atoms with van der Waals surface area (Å²) in [5.41, 5.74) is 0.0783. The predicted octanol–water partition coefficient (Wildman–Crippen LogP) is 1.64. The highest BCUT2D eigenvalue weighted by molar-refractivity contribution is 6.29. The van der Waals surface area contributed by atoms with Crippen molar-refractivity contribution in [1.82, 2.24) is 19.9 Å². The maximum atomic E-state index is 11.9. The summed E-state index contributed by atoms with van der Waals surface area (Å²) in [6.07, 6.45) is 1.98. The highest BCUT2D eigenvalue weighted by Gasteiger charge is 2.23. The molecule has 0 aliphatic carbocycles. The molecule has 1 aliphatic heterocycles. The summed E-state index contributed by atoms with van der Waals surface area (Å²) in [6, 6.07) is 0. The van der Waals surface area contributed by atoms with E-state index in [9.17, 15) is 4.79 Å². The van der Waals surface area contributed by atoms with E-state index in [-0.39, 0.29) is 22.2 Å². The Labute approximate surface area is 130 Å². The molecule has 1 fully saturated rings. The van der Waals surface area contributed by atoms with Crippen LogP contribution >= 0.6 is 23.2 Å². The van der Waals surface area contributed by atoms with Crippen molar-refractivity contribution in [2.45, 2.75) is 18.9 Å². The molecule has 3 rings (SSSR count). The monoisotopic (exact) mass is 329 g/mol. The number of nitrogens with one attached hydrogen (secondary N) is 1. The van der Waals surface area contributed by atoms with Crippen LogP contribution in [0.1, 0.15) is 12.8 Å². The molecule has 0 spiro atoms. The third-order valence-corrected chi connectivity index (χ3v) is 3.90. The van der Waals surface area contributed by atoms with E-state index >= 15 is 0 Å². The average Bonchev–Trinajstić information content (AvgIpc) is 2.47. The number of ether oxygens (including phenoxy) is 1. The number of H-pyrrole nitrogens is 1. The van der Waals surface area contributed by atoms with Crippen molar-refractivity contribution in [1.29, 1.82) is 0 Å². The number of anilines is 1. The van der Waals surface area contributed by atoms with Crippen LogP contribution < -0.4 is 10.5 Å². The van der Waals surface area contributed by atoms with Gasteiger partial charge in [-0.15, -0.1) is 0 Å². The van der Waals surface area contributed by atoms with Gasteiger partial charge in [-0.25, -0.2) is 9.97 Å². The number of piperidine rings is 1. The molecule has 2 aromatic rings. The van der Waals surface area contributed by atoms with E-state index in [0.717, 1.165) is 25.9 Å². The minimum absolute atomic E-state index is 0.00597. The van der Waals surface area contributed by atoms with Gasteiger partial charge in [0.15, 0.2) is 11.3 Å². The molecule has 0 unspecified atom stereocenters. The van der Waals surface area contributed by atoms with Crippen LogP contribution in [0.5, 0.6) is 0 Å². The SMILES string of the molecule is COC1CCN(c2nc(Cl)nc3c(=O)[nH]c(Cl)nc23)CC1. The maximum Gasteiger partial charge on any atom is 0.278 e. The Morgan fingerprint density at radius 2 is 1.90 bits per heavy atom. The van der Waals surface area contributed by atoms with Gasteiger partial charge < -0.3 is 9.64 Å². The molecule has 1 saturated heterocycles. The van der Waals surface area contributed by atoms with Crippen LogP contribution in [0.15, 0.2) is 4.79 Å². The molecule has 1 aliphatic rings. The van der Waals surface area contributed by atoms with Crippen molar-refractivity contribution in [3.8, 4) is 0 Å². The van der Waals surface area contributed by atoms with E-state index in [1.165, 1.54) is 0 Å². The Morgan fingerprint density at radius 1 is 1.19 bits per heavy atom. The van der Waals surface area contributed by atoms with Gasteiger partial charge in [0.05, 0.1) is 6.10 Å². The van der Waals surface area contributed by atoms with Crippen LogP contribution in [0.2, 0.25) is 10.6 Å². The van der Waals surface area contributed by atoms with Gasteiger partial charge >= 0.3 is 0 Å². The summed E-state index contributed by atoms with van der Waals surface area (Å²) in [5.74, 6) is 0.535. The van der Waals surface area contributed by atoms with Gasteiger partial charge in [-0.05, 0) is 36.0 Å². The van der Waals surface area contributed by atoms with Crippen LogP contribution in [0, 0.1) is 0 Å². The molecular weight excluding hydrogens is 317 g/mol. The van der Waals surface area contributed by atoms with Gasteiger partial charge in [0, 0.05) is 20.2 Å². The number of nitrogens with zero attached hydrogens (tertiary/aromatic N) is 4. The minimum atomic E-state index is -0.428. The highest BCUT2D eigenvalue weighted by atomic mass is 35.5. The number of hydrogen-bond donors (Lipinski definition) is 1.